The SMILES string of the molecule is CCOC(=O)C1CCN(c2ccccc2NCC(O)CO)CC1. The minimum Gasteiger partial charge on any atom is -0.466 e. The molecule has 6 nitrogen and oxygen atoms in total. The molecule has 1 unspecified atom stereocenters. The molecule has 128 valence electrons. The Morgan fingerprint density at radius 2 is 2.09 bits per heavy atom. The Morgan fingerprint density at radius 1 is 1.39 bits per heavy atom. The number of rotatable bonds is 7. The lowest BCUT2D eigenvalue weighted by molar-refractivity contribution is -0.148. The largest absolute Gasteiger partial charge is 0.466 e. The predicted molar refractivity (Wildman–Crippen MR) is 89.6 cm³/mol. The summed E-state index contributed by atoms with van der Waals surface area (Å²) in [6.45, 7) is 3.89. The molecule has 1 aromatic carbocycles. The third-order valence-corrected chi connectivity index (χ3v) is 4.10. The molecule has 1 atom stereocenters. The third-order valence-electron chi connectivity index (χ3n) is 4.10. The first-order chi connectivity index (χ1) is 11.2. The Labute approximate surface area is 137 Å². The third kappa shape index (κ3) is 4.84. The molecule has 23 heavy (non-hydrogen) atoms. The van der Waals surface area contributed by atoms with E-state index in [1.807, 2.05) is 31.2 Å². The molecule has 0 aliphatic carbocycles. The number of aliphatic hydroxyl groups excluding tert-OH is 2. The monoisotopic (exact) mass is 322 g/mol. The molecule has 0 amide bonds. The summed E-state index contributed by atoms with van der Waals surface area (Å²) in [6, 6.07) is 7.89. The van der Waals surface area contributed by atoms with Crippen LogP contribution in [-0.4, -0.2) is 55.1 Å². The fourth-order valence-corrected chi connectivity index (χ4v) is 2.81. The maximum atomic E-state index is 11.8. The molecule has 1 fully saturated rings. The molecular weight excluding hydrogens is 296 g/mol. The summed E-state index contributed by atoms with van der Waals surface area (Å²) < 4.78 is 5.10. The molecule has 0 aromatic heterocycles. The van der Waals surface area contributed by atoms with Crippen LogP contribution < -0.4 is 10.2 Å². The number of nitrogens with zero attached hydrogens (tertiary/aromatic N) is 1. The molecule has 1 aliphatic heterocycles. The van der Waals surface area contributed by atoms with Crippen molar-refractivity contribution in [2.45, 2.75) is 25.9 Å². The van der Waals surface area contributed by atoms with Crippen molar-refractivity contribution in [3.8, 4) is 0 Å². The zero-order chi connectivity index (χ0) is 16.7. The van der Waals surface area contributed by atoms with E-state index in [1.54, 1.807) is 0 Å². The summed E-state index contributed by atoms with van der Waals surface area (Å²) in [5.74, 6) is -0.104. The summed E-state index contributed by atoms with van der Waals surface area (Å²) in [5.41, 5.74) is 1.98. The zero-order valence-electron chi connectivity index (χ0n) is 13.6. The number of carbonyl (C=O) groups excluding carboxylic acids is 1. The lowest BCUT2D eigenvalue weighted by Gasteiger charge is -2.34. The van der Waals surface area contributed by atoms with Crippen molar-refractivity contribution in [3.63, 3.8) is 0 Å². The van der Waals surface area contributed by atoms with Gasteiger partial charge in [-0.05, 0) is 31.9 Å². The molecular formula is C17H26N2O4. The molecule has 1 heterocycles. The van der Waals surface area contributed by atoms with Gasteiger partial charge in [0.05, 0.1) is 36.6 Å². The van der Waals surface area contributed by atoms with Crippen LogP contribution in [0.2, 0.25) is 0 Å². The van der Waals surface area contributed by atoms with Crippen LogP contribution in [0.15, 0.2) is 24.3 Å². The second kappa shape index (κ2) is 8.74. The van der Waals surface area contributed by atoms with Crippen LogP contribution in [0.3, 0.4) is 0 Å². The second-order valence-corrected chi connectivity index (χ2v) is 5.75. The highest BCUT2D eigenvalue weighted by atomic mass is 16.5. The molecule has 0 radical (unpaired) electrons. The topological polar surface area (TPSA) is 82.0 Å². The van der Waals surface area contributed by atoms with Gasteiger partial charge in [-0.3, -0.25) is 4.79 Å². The molecule has 1 aliphatic rings. The van der Waals surface area contributed by atoms with Crippen molar-refractivity contribution in [3.05, 3.63) is 24.3 Å². The van der Waals surface area contributed by atoms with Crippen LogP contribution in [0.4, 0.5) is 11.4 Å². The standard InChI is InChI=1S/C17H26N2O4/c1-2-23-17(22)13-7-9-19(10-8-13)16-6-4-3-5-15(16)18-11-14(21)12-20/h3-6,13-14,18,20-21H,2,7-12H2,1H3. The number of aliphatic hydroxyl groups is 2. The van der Waals surface area contributed by atoms with Crippen molar-refractivity contribution in [2.24, 2.45) is 5.92 Å². The Morgan fingerprint density at radius 3 is 2.74 bits per heavy atom. The van der Waals surface area contributed by atoms with Crippen molar-refractivity contribution >= 4 is 17.3 Å². The molecule has 1 aromatic rings. The fourth-order valence-electron chi connectivity index (χ4n) is 2.81. The number of carbonyl (C=O) groups is 1. The van der Waals surface area contributed by atoms with Gasteiger partial charge in [0.25, 0.3) is 0 Å². The van der Waals surface area contributed by atoms with Gasteiger partial charge in [0.15, 0.2) is 0 Å². The van der Waals surface area contributed by atoms with Crippen LogP contribution in [0.25, 0.3) is 0 Å². The van der Waals surface area contributed by atoms with Gasteiger partial charge < -0.3 is 25.2 Å². The van der Waals surface area contributed by atoms with Crippen LogP contribution in [0.5, 0.6) is 0 Å². The number of esters is 1. The van der Waals surface area contributed by atoms with Gasteiger partial charge in [0.1, 0.15) is 0 Å². The van der Waals surface area contributed by atoms with Gasteiger partial charge in [-0.1, -0.05) is 12.1 Å². The molecule has 3 N–H and O–H groups in total. The van der Waals surface area contributed by atoms with Gasteiger partial charge in [-0.2, -0.15) is 0 Å². The average Bonchev–Trinajstić information content (AvgIpc) is 2.60. The first kappa shape index (κ1) is 17.6. The summed E-state index contributed by atoms with van der Waals surface area (Å²) >= 11 is 0. The van der Waals surface area contributed by atoms with E-state index in [1.165, 1.54) is 0 Å². The minimum atomic E-state index is -0.780. The molecule has 0 spiro atoms. The summed E-state index contributed by atoms with van der Waals surface area (Å²) in [6.07, 6.45) is 0.788. The number of hydrogen-bond donors (Lipinski definition) is 3. The fraction of sp³-hybridized carbons (Fsp3) is 0.588. The number of piperidine rings is 1. The Kier molecular flexibility index (Phi) is 6.67. The number of nitrogens with one attached hydrogen (secondary N) is 1. The van der Waals surface area contributed by atoms with Gasteiger partial charge in [-0.25, -0.2) is 0 Å². The first-order valence-corrected chi connectivity index (χ1v) is 8.19. The maximum absolute atomic E-state index is 11.8. The van der Waals surface area contributed by atoms with Crippen LogP contribution in [0, 0.1) is 5.92 Å². The normalized spacial score (nSPS) is 16.9. The second-order valence-electron chi connectivity index (χ2n) is 5.75. The molecule has 0 bridgehead atoms. The van der Waals surface area contributed by atoms with Crippen LogP contribution >= 0.6 is 0 Å². The van der Waals surface area contributed by atoms with Crippen LogP contribution in [0.1, 0.15) is 19.8 Å². The zero-order valence-corrected chi connectivity index (χ0v) is 13.6. The number of ether oxygens (including phenoxy) is 1. The van der Waals surface area contributed by atoms with E-state index in [0.717, 1.165) is 37.3 Å². The quantitative estimate of drug-likeness (QED) is 0.655. The van der Waals surface area contributed by atoms with E-state index < -0.39 is 6.10 Å². The number of anilines is 2. The van der Waals surface area contributed by atoms with Crippen molar-refractivity contribution in [1.29, 1.82) is 0 Å². The van der Waals surface area contributed by atoms with E-state index in [9.17, 15) is 9.90 Å². The smallest absolute Gasteiger partial charge is 0.309 e. The summed E-state index contributed by atoms with van der Waals surface area (Å²) in [7, 11) is 0. The van der Waals surface area contributed by atoms with E-state index in [-0.39, 0.29) is 18.5 Å². The van der Waals surface area contributed by atoms with E-state index >= 15 is 0 Å². The highest BCUT2D eigenvalue weighted by Gasteiger charge is 2.26. The maximum Gasteiger partial charge on any atom is 0.309 e. The van der Waals surface area contributed by atoms with Crippen molar-refractivity contribution in [1.82, 2.24) is 0 Å². The van der Waals surface area contributed by atoms with E-state index in [2.05, 4.69) is 10.2 Å². The Bertz CT molecular complexity index is 501. The van der Waals surface area contributed by atoms with Gasteiger partial charge in [0, 0.05) is 19.6 Å². The number of para-hydroxylation sites is 2. The predicted octanol–water partition coefficient (Wildman–Crippen LogP) is 1.23. The first-order valence-electron chi connectivity index (χ1n) is 8.19. The summed E-state index contributed by atoms with van der Waals surface area (Å²) in [4.78, 5) is 14.1. The Balaban J connectivity index is 1.96. The Hall–Kier alpha value is -1.79. The van der Waals surface area contributed by atoms with E-state index in [4.69, 9.17) is 9.84 Å². The number of benzene rings is 1. The lowest BCUT2D eigenvalue weighted by atomic mass is 9.96. The highest BCUT2D eigenvalue weighted by Crippen LogP contribution is 2.30. The number of hydrogen-bond acceptors (Lipinski definition) is 6. The van der Waals surface area contributed by atoms with Crippen LogP contribution in [-0.2, 0) is 9.53 Å². The lowest BCUT2D eigenvalue weighted by Crippen LogP contribution is -2.37. The van der Waals surface area contributed by atoms with Gasteiger partial charge in [-0.15, -0.1) is 0 Å². The summed E-state index contributed by atoms with van der Waals surface area (Å²) in [5, 5.41) is 21.6. The van der Waals surface area contributed by atoms with Gasteiger partial charge in [0.2, 0.25) is 0 Å². The highest BCUT2D eigenvalue weighted by molar-refractivity contribution is 5.74. The molecule has 0 saturated carbocycles. The molecule has 2 rings (SSSR count). The van der Waals surface area contributed by atoms with Gasteiger partial charge >= 0.3 is 5.97 Å². The van der Waals surface area contributed by atoms with Crippen molar-refractivity contribution < 1.29 is 19.7 Å². The minimum absolute atomic E-state index is 0.0115. The van der Waals surface area contributed by atoms with Crippen molar-refractivity contribution in [2.75, 3.05) is 43.1 Å². The van der Waals surface area contributed by atoms with E-state index in [0.29, 0.717) is 13.2 Å². The molecule has 1 saturated heterocycles. The average molecular weight is 322 g/mol. The molecule has 6 heteroatoms.